The van der Waals surface area contributed by atoms with Crippen LogP contribution in [0.3, 0.4) is 0 Å². The van der Waals surface area contributed by atoms with E-state index in [9.17, 15) is 0 Å². The third-order valence-corrected chi connectivity index (χ3v) is 4.26. The van der Waals surface area contributed by atoms with E-state index in [4.69, 9.17) is 0 Å². The average molecular weight is 210 g/mol. The molecule has 0 saturated carbocycles. The molecule has 2 aliphatic rings. The number of rotatable bonds is 2. The molecule has 1 unspecified atom stereocenters. The van der Waals surface area contributed by atoms with Crippen LogP contribution < -0.4 is 5.32 Å². The van der Waals surface area contributed by atoms with Crippen molar-refractivity contribution >= 4 is 0 Å². The molecule has 0 radical (unpaired) electrons. The van der Waals surface area contributed by atoms with Crippen molar-refractivity contribution in [3.8, 4) is 0 Å². The van der Waals surface area contributed by atoms with Crippen molar-refractivity contribution in [2.24, 2.45) is 11.8 Å². The van der Waals surface area contributed by atoms with Gasteiger partial charge in [-0.05, 0) is 57.2 Å². The van der Waals surface area contributed by atoms with E-state index >= 15 is 0 Å². The molecule has 2 aliphatic heterocycles. The minimum atomic E-state index is 0.870. The summed E-state index contributed by atoms with van der Waals surface area (Å²) in [5, 5.41) is 3.46. The molecule has 2 heteroatoms. The van der Waals surface area contributed by atoms with E-state index < -0.39 is 0 Å². The zero-order chi connectivity index (χ0) is 10.7. The van der Waals surface area contributed by atoms with Gasteiger partial charge in [0.25, 0.3) is 0 Å². The highest BCUT2D eigenvalue weighted by atomic mass is 15.2. The lowest BCUT2D eigenvalue weighted by Crippen LogP contribution is -2.48. The second-order valence-electron chi connectivity index (χ2n) is 5.62. The summed E-state index contributed by atoms with van der Waals surface area (Å²) in [6.07, 6.45) is 5.61. The van der Waals surface area contributed by atoms with E-state index in [0.717, 1.165) is 17.9 Å². The highest BCUT2D eigenvalue weighted by molar-refractivity contribution is 4.83. The summed E-state index contributed by atoms with van der Waals surface area (Å²) in [5.41, 5.74) is 0. The summed E-state index contributed by atoms with van der Waals surface area (Å²) < 4.78 is 0. The normalized spacial score (nSPS) is 31.0. The highest BCUT2D eigenvalue weighted by Crippen LogP contribution is 2.26. The number of nitrogens with one attached hydrogen (secondary N) is 1. The molecular weight excluding hydrogens is 184 g/mol. The monoisotopic (exact) mass is 210 g/mol. The third-order valence-electron chi connectivity index (χ3n) is 4.26. The van der Waals surface area contributed by atoms with Gasteiger partial charge in [-0.1, -0.05) is 13.8 Å². The molecule has 0 aromatic rings. The maximum Gasteiger partial charge on any atom is 0.0119 e. The Hall–Kier alpha value is -0.0800. The second-order valence-corrected chi connectivity index (χ2v) is 5.62. The van der Waals surface area contributed by atoms with Gasteiger partial charge >= 0.3 is 0 Å². The van der Waals surface area contributed by atoms with Crippen LogP contribution in [0.5, 0.6) is 0 Å². The SMILES string of the molecule is CC(C)C1CCCN(C2CCNCC2)C1. The summed E-state index contributed by atoms with van der Waals surface area (Å²) in [5.74, 6) is 1.82. The van der Waals surface area contributed by atoms with Crippen molar-refractivity contribution in [1.29, 1.82) is 0 Å². The van der Waals surface area contributed by atoms with E-state index in [-0.39, 0.29) is 0 Å². The van der Waals surface area contributed by atoms with Crippen LogP contribution in [0.1, 0.15) is 39.5 Å². The van der Waals surface area contributed by atoms with E-state index in [1.165, 1.54) is 51.9 Å². The summed E-state index contributed by atoms with van der Waals surface area (Å²) in [7, 11) is 0. The average Bonchev–Trinajstić information content (AvgIpc) is 2.30. The smallest absolute Gasteiger partial charge is 0.0119 e. The van der Waals surface area contributed by atoms with Crippen LogP contribution >= 0.6 is 0 Å². The Labute approximate surface area is 94.4 Å². The quantitative estimate of drug-likeness (QED) is 0.751. The van der Waals surface area contributed by atoms with Gasteiger partial charge in [-0.2, -0.15) is 0 Å². The van der Waals surface area contributed by atoms with Crippen LogP contribution in [-0.4, -0.2) is 37.1 Å². The van der Waals surface area contributed by atoms with Crippen LogP contribution in [0.25, 0.3) is 0 Å². The van der Waals surface area contributed by atoms with Crippen molar-refractivity contribution in [3.63, 3.8) is 0 Å². The maximum absolute atomic E-state index is 3.46. The molecular formula is C13H26N2. The van der Waals surface area contributed by atoms with Gasteiger partial charge < -0.3 is 10.2 Å². The van der Waals surface area contributed by atoms with Crippen LogP contribution in [-0.2, 0) is 0 Å². The fourth-order valence-electron chi connectivity index (χ4n) is 3.09. The Kier molecular flexibility index (Phi) is 4.04. The third kappa shape index (κ3) is 2.94. The van der Waals surface area contributed by atoms with Gasteiger partial charge in [0, 0.05) is 12.6 Å². The summed E-state index contributed by atoms with van der Waals surface area (Å²) >= 11 is 0. The minimum absolute atomic E-state index is 0.870. The van der Waals surface area contributed by atoms with E-state index in [2.05, 4.69) is 24.1 Å². The van der Waals surface area contributed by atoms with Crippen molar-refractivity contribution in [2.75, 3.05) is 26.2 Å². The summed E-state index contributed by atoms with van der Waals surface area (Å²) in [4.78, 5) is 2.77. The van der Waals surface area contributed by atoms with E-state index in [1.54, 1.807) is 0 Å². The van der Waals surface area contributed by atoms with Crippen molar-refractivity contribution in [3.05, 3.63) is 0 Å². The Bertz CT molecular complexity index is 185. The van der Waals surface area contributed by atoms with Gasteiger partial charge in [0.15, 0.2) is 0 Å². The first-order chi connectivity index (χ1) is 7.27. The molecule has 2 heterocycles. The Morgan fingerprint density at radius 2 is 1.87 bits per heavy atom. The molecule has 2 nitrogen and oxygen atoms in total. The molecule has 1 atom stereocenters. The minimum Gasteiger partial charge on any atom is -0.317 e. The molecule has 0 amide bonds. The molecule has 2 rings (SSSR count). The summed E-state index contributed by atoms with van der Waals surface area (Å²) in [6, 6.07) is 0.882. The molecule has 88 valence electrons. The molecule has 0 bridgehead atoms. The predicted molar refractivity (Wildman–Crippen MR) is 65.0 cm³/mol. The van der Waals surface area contributed by atoms with Crippen LogP contribution in [0.4, 0.5) is 0 Å². The fourth-order valence-corrected chi connectivity index (χ4v) is 3.09. The molecule has 0 aliphatic carbocycles. The van der Waals surface area contributed by atoms with Gasteiger partial charge in [-0.3, -0.25) is 0 Å². The number of piperidine rings is 2. The van der Waals surface area contributed by atoms with Crippen molar-refractivity contribution in [2.45, 2.75) is 45.6 Å². The molecule has 2 saturated heterocycles. The lowest BCUT2D eigenvalue weighted by molar-refractivity contribution is 0.0857. The van der Waals surface area contributed by atoms with Gasteiger partial charge in [-0.25, -0.2) is 0 Å². The molecule has 15 heavy (non-hydrogen) atoms. The first kappa shape index (κ1) is 11.4. The van der Waals surface area contributed by atoms with Crippen LogP contribution in [0.15, 0.2) is 0 Å². The maximum atomic E-state index is 3.46. The topological polar surface area (TPSA) is 15.3 Å². The Morgan fingerprint density at radius 3 is 2.53 bits per heavy atom. The first-order valence-electron chi connectivity index (χ1n) is 6.72. The lowest BCUT2D eigenvalue weighted by Gasteiger charge is -2.41. The number of hydrogen-bond donors (Lipinski definition) is 1. The number of likely N-dealkylation sites (tertiary alicyclic amines) is 1. The molecule has 0 aromatic heterocycles. The Balaban J connectivity index is 1.85. The van der Waals surface area contributed by atoms with Gasteiger partial charge in [0.05, 0.1) is 0 Å². The zero-order valence-corrected chi connectivity index (χ0v) is 10.3. The predicted octanol–water partition coefficient (Wildman–Crippen LogP) is 2.11. The van der Waals surface area contributed by atoms with Gasteiger partial charge in [0.1, 0.15) is 0 Å². The Morgan fingerprint density at radius 1 is 1.13 bits per heavy atom. The number of nitrogens with zero attached hydrogens (tertiary/aromatic N) is 1. The van der Waals surface area contributed by atoms with Crippen LogP contribution in [0, 0.1) is 11.8 Å². The molecule has 0 spiro atoms. The zero-order valence-electron chi connectivity index (χ0n) is 10.3. The van der Waals surface area contributed by atoms with Crippen molar-refractivity contribution in [1.82, 2.24) is 10.2 Å². The standard InChI is InChI=1S/C13H26N2/c1-11(2)12-4-3-9-15(10-12)13-5-7-14-8-6-13/h11-14H,3-10H2,1-2H3. The van der Waals surface area contributed by atoms with Gasteiger partial charge in [0.2, 0.25) is 0 Å². The van der Waals surface area contributed by atoms with Crippen LogP contribution in [0.2, 0.25) is 0 Å². The van der Waals surface area contributed by atoms with E-state index in [0.29, 0.717) is 0 Å². The van der Waals surface area contributed by atoms with E-state index in [1.807, 2.05) is 0 Å². The highest BCUT2D eigenvalue weighted by Gasteiger charge is 2.27. The van der Waals surface area contributed by atoms with Gasteiger partial charge in [-0.15, -0.1) is 0 Å². The second kappa shape index (κ2) is 5.31. The summed E-state index contributed by atoms with van der Waals surface area (Å²) in [6.45, 7) is 9.95. The first-order valence-corrected chi connectivity index (χ1v) is 6.72. The molecule has 1 N–H and O–H groups in total. The lowest BCUT2D eigenvalue weighted by atomic mass is 9.86. The molecule has 2 fully saturated rings. The number of hydrogen-bond acceptors (Lipinski definition) is 2. The fraction of sp³-hybridized carbons (Fsp3) is 1.00. The van der Waals surface area contributed by atoms with Crippen molar-refractivity contribution < 1.29 is 0 Å². The molecule has 0 aromatic carbocycles. The largest absolute Gasteiger partial charge is 0.317 e.